The summed E-state index contributed by atoms with van der Waals surface area (Å²) in [5.41, 5.74) is 0. The van der Waals surface area contributed by atoms with E-state index in [1.165, 1.54) is 10.1 Å². The summed E-state index contributed by atoms with van der Waals surface area (Å²) in [5.74, 6) is 0. The summed E-state index contributed by atoms with van der Waals surface area (Å²) in [6.07, 6.45) is 0. The van der Waals surface area contributed by atoms with Crippen molar-refractivity contribution in [3.05, 3.63) is 42.1 Å². The molecule has 12 heavy (non-hydrogen) atoms. The zero-order valence-electron chi connectivity index (χ0n) is 6.59. The Kier molecular flexibility index (Phi) is 5.01. The van der Waals surface area contributed by atoms with Crippen molar-refractivity contribution in [2.45, 2.75) is 0 Å². The summed E-state index contributed by atoms with van der Waals surface area (Å²) < 4.78 is 1.33. The van der Waals surface area contributed by atoms with Gasteiger partial charge < -0.3 is 12.4 Å². The van der Waals surface area contributed by atoms with Crippen LogP contribution in [0.5, 0.6) is 0 Å². The van der Waals surface area contributed by atoms with Crippen molar-refractivity contribution < 1.29 is 12.4 Å². The van der Waals surface area contributed by atoms with Crippen LogP contribution in [0.1, 0.15) is 4.88 Å². The number of hydrogen-bond donors (Lipinski definition) is 0. The molecule has 0 saturated heterocycles. The molecule has 0 nitrogen and oxygen atoms in total. The standard InChI is InChI=1S/C9H7S.ClH.Mg/c1-7-6-8-4-2-3-5-9(8)10-7;;/h2-6H,1H2;1H;/q-1;;+2/p-1. The van der Waals surface area contributed by atoms with Gasteiger partial charge in [0.25, 0.3) is 0 Å². The zero-order valence-corrected chi connectivity index (χ0v) is 9.57. The van der Waals surface area contributed by atoms with Crippen molar-refractivity contribution in [3.8, 4) is 0 Å². The van der Waals surface area contributed by atoms with Gasteiger partial charge in [0, 0.05) is 4.70 Å². The van der Waals surface area contributed by atoms with E-state index in [9.17, 15) is 0 Å². The molecule has 0 bridgehead atoms. The van der Waals surface area contributed by atoms with Gasteiger partial charge in [-0.3, -0.25) is 0 Å². The van der Waals surface area contributed by atoms with Crippen LogP contribution in [0.2, 0.25) is 0 Å². The first kappa shape index (κ1) is 12.1. The number of benzene rings is 1. The predicted molar refractivity (Wildman–Crippen MR) is 52.0 cm³/mol. The van der Waals surface area contributed by atoms with Gasteiger partial charge in [-0.15, -0.1) is 4.88 Å². The van der Waals surface area contributed by atoms with Crippen molar-refractivity contribution >= 4 is 44.5 Å². The summed E-state index contributed by atoms with van der Waals surface area (Å²) in [5, 5.41) is 1.30. The fourth-order valence-electron chi connectivity index (χ4n) is 1.04. The van der Waals surface area contributed by atoms with Crippen molar-refractivity contribution in [1.29, 1.82) is 0 Å². The Morgan fingerprint density at radius 1 is 1.17 bits per heavy atom. The molecule has 3 heteroatoms. The second kappa shape index (κ2) is 4.97. The molecule has 0 aliphatic rings. The van der Waals surface area contributed by atoms with Gasteiger partial charge >= 0.3 is 23.1 Å². The maximum absolute atomic E-state index is 3.88. The van der Waals surface area contributed by atoms with Crippen LogP contribution in [0.25, 0.3) is 10.1 Å². The molecule has 0 amide bonds. The molecule has 0 aliphatic heterocycles. The first-order valence-corrected chi connectivity index (χ1v) is 3.98. The molecule has 2 rings (SSSR count). The second-order valence-corrected chi connectivity index (χ2v) is 3.42. The van der Waals surface area contributed by atoms with Gasteiger partial charge in [-0.05, 0) is 6.07 Å². The summed E-state index contributed by atoms with van der Waals surface area (Å²) in [6, 6.07) is 10.4. The van der Waals surface area contributed by atoms with Gasteiger partial charge in [-0.1, -0.05) is 23.6 Å². The minimum atomic E-state index is 0. The van der Waals surface area contributed by atoms with Crippen molar-refractivity contribution in [3.63, 3.8) is 0 Å². The third kappa shape index (κ3) is 2.30. The maximum Gasteiger partial charge on any atom is 2.00 e. The summed E-state index contributed by atoms with van der Waals surface area (Å²) in [7, 11) is 0. The third-order valence-electron chi connectivity index (χ3n) is 1.48. The zero-order chi connectivity index (χ0) is 6.97. The van der Waals surface area contributed by atoms with Crippen molar-refractivity contribution in [2.75, 3.05) is 0 Å². The van der Waals surface area contributed by atoms with E-state index in [0.29, 0.717) is 0 Å². The van der Waals surface area contributed by atoms with E-state index in [0.717, 1.165) is 4.88 Å². The average Bonchev–Trinajstić information content (AvgIpc) is 2.27. The predicted octanol–water partition coefficient (Wildman–Crippen LogP) is -0.293. The SMILES string of the molecule is [CH2-]c1cc2ccccc2s1.[Cl-].[Mg+2]. The van der Waals surface area contributed by atoms with E-state index in [-0.39, 0.29) is 35.5 Å². The normalized spacial score (nSPS) is 8.67. The molecule has 1 aromatic carbocycles. The molecular formula is C9H7ClMgS. The van der Waals surface area contributed by atoms with E-state index in [1.807, 2.05) is 0 Å². The molecule has 0 N–H and O–H groups in total. The molecule has 0 atom stereocenters. The van der Waals surface area contributed by atoms with Crippen LogP contribution in [0.4, 0.5) is 0 Å². The Bertz CT molecular complexity index is 323. The summed E-state index contributed by atoms with van der Waals surface area (Å²) >= 11 is 1.74. The Morgan fingerprint density at radius 2 is 1.83 bits per heavy atom. The summed E-state index contributed by atoms with van der Waals surface area (Å²) in [4.78, 5) is 1.14. The molecule has 1 aromatic heterocycles. The number of rotatable bonds is 0. The van der Waals surface area contributed by atoms with Crippen LogP contribution in [-0.4, -0.2) is 23.1 Å². The molecule has 0 aliphatic carbocycles. The fourth-order valence-corrected chi connectivity index (χ4v) is 1.90. The minimum Gasteiger partial charge on any atom is -1.00 e. The van der Waals surface area contributed by atoms with Gasteiger partial charge in [-0.25, -0.2) is 6.92 Å². The Balaban J connectivity index is 0.000000605. The van der Waals surface area contributed by atoms with E-state index in [2.05, 4.69) is 37.3 Å². The number of fused-ring (bicyclic) bond motifs is 1. The van der Waals surface area contributed by atoms with Crippen LogP contribution in [-0.2, 0) is 0 Å². The number of hydrogen-bond acceptors (Lipinski definition) is 1. The second-order valence-electron chi connectivity index (χ2n) is 2.25. The van der Waals surface area contributed by atoms with Crippen LogP contribution in [0.3, 0.4) is 0 Å². The minimum absolute atomic E-state index is 0. The average molecular weight is 207 g/mol. The number of halogens is 1. The van der Waals surface area contributed by atoms with E-state index < -0.39 is 0 Å². The van der Waals surface area contributed by atoms with Crippen LogP contribution in [0, 0.1) is 6.92 Å². The fraction of sp³-hybridized carbons (Fsp3) is 0. The topological polar surface area (TPSA) is 0 Å². The molecule has 2 aromatic rings. The summed E-state index contributed by atoms with van der Waals surface area (Å²) in [6.45, 7) is 3.88. The van der Waals surface area contributed by atoms with Gasteiger partial charge in [0.2, 0.25) is 0 Å². The molecule has 1 heterocycles. The largest absolute Gasteiger partial charge is 2.00 e. The quantitative estimate of drug-likeness (QED) is 0.411. The van der Waals surface area contributed by atoms with Gasteiger partial charge in [0.1, 0.15) is 0 Å². The molecular weight excluding hydrogens is 200 g/mol. The van der Waals surface area contributed by atoms with Gasteiger partial charge in [-0.2, -0.15) is 17.4 Å². The van der Waals surface area contributed by atoms with E-state index in [4.69, 9.17) is 0 Å². The molecule has 58 valence electrons. The Hall–Kier alpha value is 0.106. The first-order chi connectivity index (χ1) is 4.86. The maximum atomic E-state index is 3.88. The van der Waals surface area contributed by atoms with Crippen LogP contribution >= 0.6 is 11.3 Å². The van der Waals surface area contributed by atoms with Gasteiger partial charge in [0.05, 0.1) is 0 Å². The van der Waals surface area contributed by atoms with Crippen LogP contribution in [0.15, 0.2) is 30.3 Å². The molecule has 0 radical (unpaired) electrons. The molecule has 0 unspecified atom stereocenters. The van der Waals surface area contributed by atoms with Crippen molar-refractivity contribution in [1.82, 2.24) is 0 Å². The molecule has 0 saturated carbocycles. The third-order valence-corrected chi connectivity index (χ3v) is 2.45. The first-order valence-electron chi connectivity index (χ1n) is 3.17. The Morgan fingerprint density at radius 3 is 2.50 bits per heavy atom. The smallest absolute Gasteiger partial charge is 1.00 e. The Labute approximate surface area is 98.5 Å². The number of thiophene rings is 1. The molecule has 0 fully saturated rings. The monoisotopic (exact) mass is 206 g/mol. The molecule has 0 spiro atoms. The van der Waals surface area contributed by atoms with Crippen molar-refractivity contribution in [2.24, 2.45) is 0 Å². The van der Waals surface area contributed by atoms with Crippen LogP contribution < -0.4 is 12.4 Å². The van der Waals surface area contributed by atoms with Gasteiger partial charge in [0.15, 0.2) is 0 Å². The van der Waals surface area contributed by atoms with E-state index >= 15 is 0 Å². The van der Waals surface area contributed by atoms with E-state index in [1.54, 1.807) is 11.3 Å².